The summed E-state index contributed by atoms with van der Waals surface area (Å²) in [7, 11) is 4.32. The van der Waals surface area contributed by atoms with Crippen molar-refractivity contribution in [3.8, 4) is 0 Å². The van der Waals surface area contributed by atoms with Gasteiger partial charge in [0.05, 0.1) is 0 Å². The molecule has 0 radical (unpaired) electrons. The molecule has 0 aliphatic heterocycles. The molecular formula is C14H18ClN. The van der Waals surface area contributed by atoms with Gasteiger partial charge >= 0.3 is 0 Å². The highest BCUT2D eigenvalue weighted by molar-refractivity contribution is 6.30. The predicted molar refractivity (Wildman–Crippen MR) is 70.8 cm³/mol. The van der Waals surface area contributed by atoms with Gasteiger partial charge in [-0.3, -0.25) is 0 Å². The topological polar surface area (TPSA) is 3.24 Å². The number of hydrogen-bond acceptors (Lipinski definition) is 1. The molecule has 0 N–H and O–H groups in total. The van der Waals surface area contributed by atoms with Gasteiger partial charge in [-0.15, -0.1) is 0 Å². The van der Waals surface area contributed by atoms with Crippen LogP contribution in [0.15, 0.2) is 30.3 Å². The van der Waals surface area contributed by atoms with Gasteiger partial charge in [0.15, 0.2) is 0 Å². The van der Waals surface area contributed by atoms with Crippen LogP contribution in [0.4, 0.5) is 0 Å². The van der Waals surface area contributed by atoms with Gasteiger partial charge in [0, 0.05) is 11.1 Å². The largest absolute Gasteiger partial charge is 0.306 e. The molecule has 1 aliphatic carbocycles. The molecule has 0 saturated carbocycles. The van der Waals surface area contributed by atoms with Gasteiger partial charge in [0.1, 0.15) is 0 Å². The Morgan fingerprint density at radius 2 is 2.12 bits per heavy atom. The van der Waals surface area contributed by atoms with Crippen molar-refractivity contribution in [3.05, 3.63) is 40.9 Å². The minimum atomic E-state index is 0.666. The molecule has 1 aliphatic rings. The van der Waals surface area contributed by atoms with E-state index in [1.54, 1.807) is 0 Å². The Labute approximate surface area is 103 Å². The van der Waals surface area contributed by atoms with Gasteiger partial charge in [0.2, 0.25) is 0 Å². The maximum atomic E-state index is 6.03. The van der Waals surface area contributed by atoms with Crippen molar-refractivity contribution >= 4 is 17.2 Å². The lowest BCUT2D eigenvalue weighted by molar-refractivity contribution is 0.279. The quantitative estimate of drug-likeness (QED) is 0.753. The Bertz CT molecular complexity index is 395. The smallest absolute Gasteiger partial charge is 0.0412 e. The van der Waals surface area contributed by atoms with Crippen LogP contribution in [0.1, 0.15) is 24.8 Å². The highest BCUT2D eigenvalue weighted by Gasteiger charge is 2.18. The molecule has 0 fully saturated rings. The SMILES string of the molecule is CN(C)[C@@H]1CCC=C(c2cccc(Cl)c2)C1. The first-order valence-corrected chi connectivity index (χ1v) is 6.16. The molecule has 0 heterocycles. The van der Waals surface area contributed by atoms with E-state index in [0.717, 1.165) is 11.4 Å². The van der Waals surface area contributed by atoms with Crippen molar-refractivity contribution in [3.63, 3.8) is 0 Å². The highest BCUT2D eigenvalue weighted by Crippen LogP contribution is 2.29. The zero-order valence-electron chi connectivity index (χ0n) is 9.91. The fourth-order valence-corrected chi connectivity index (χ4v) is 2.44. The summed E-state index contributed by atoms with van der Waals surface area (Å²) < 4.78 is 0. The van der Waals surface area contributed by atoms with E-state index in [-0.39, 0.29) is 0 Å². The third kappa shape index (κ3) is 2.66. The normalized spacial score (nSPS) is 21.0. The van der Waals surface area contributed by atoms with Crippen molar-refractivity contribution in [1.82, 2.24) is 4.90 Å². The molecule has 86 valence electrons. The van der Waals surface area contributed by atoms with E-state index >= 15 is 0 Å². The van der Waals surface area contributed by atoms with Gasteiger partial charge in [0.25, 0.3) is 0 Å². The number of hydrogen-bond donors (Lipinski definition) is 0. The molecule has 0 aromatic heterocycles. The van der Waals surface area contributed by atoms with E-state index < -0.39 is 0 Å². The average Bonchev–Trinajstić information content (AvgIpc) is 2.29. The molecule has 0 amide bonds. The van der Waals surface area contributed by atoms with Gasteiger partial charge in [-0.2, -0.15) is 0 Å². The third-order valence-electron chi connectivity index (χ3n) is 3.27. The van der Waals surface area contributed by atoms with Gasteiger partial charge in [-0.25, -0.2) is 0 Å². The predicted octanol–water partition coefficient (Wildman–Crippen LogP) is 3.84. The van der Waals surface area contributed by atoms with Crippen LogP contribution in [0.25, 0.3) is 5.57 Å². The second-order valence-electron chi connectivity index (χ2n) is 4.64. The number of allylic oxidation sites excluding steroid dienone is 1. The summed E-state index contributed by atoms with van der Waals surface area (Å²) in [6.45, 7) is 0. The van der Waals surface area contributed by atoms with Crippen LogP contribution in [-0.2, 0) is 0 Å². The fourth-order valence-electron chi connectivity index (χ4n) is 2.25. The standard InChI is InChI=1S/C14H18ClN/c1-16(2)14-8-4-6-12(10-14)11-5-3-7-13(15)9-11/h3,5-7,9,14H,4,8,10H2,1-2H3/t14-/m1/s1. The van der Waals surface area contributed by atoms with Crippen LogP contribution in [0.2, 0.25) is 5.02 Å². The molecule has 0 bridgehead atoms. The van der Waals surface area contributed by atoms with Crippen LogP contribution < -0.4 is 0 Å². The zero-order chi connectivity index (χ0) is 11.5. The Hall–Kier alpha value is -0.790. The maximum Gasteiger partial charge on any atom is 0.0412 e. The fraction of sp³-hybridized carbons (Fsp3) is 0.429. The lowest BCUT2D eigenvalue weighted by Crippen LogP contribution is -2.29. The number of halogens is 1. The Morgan fingerprint density at radius 1 is 1.31 bits per heavy atom. The highest BCUT2D eigenvalue weighted by atomic mass is 35.5. The number of benzene rings is 1. The van der Waals surface area contributed by atoms with E-state index in [4.69, 9.17) is 11.6 Å². The molecular weight excluding hydrogens is 218 g/mol. The summed E-state index contributed by atoms with van der Waals surface area (Å²) in [5.74, 6) is 0. The van der Waals surface area contributed by atoms with Crippen molar-refractivity contribution in [1.29, 1.82) is 0 Å². The maximum absolute atomic E-state index is 6.03. The van der Waals surface area contributed by atoms with Crippen molar-refractivity contribution < 1.29 is 0 Å². The third-order valence-corrected chi connectivity index (χ3v) is 3.51. The first-order chi connectivity index (χ1) is 7.66. The molecule has 2 heteroatoms. The second-order valence-corrected chi connectivity index (χ2v) is 5.08. The summed E-state index contributed by atoms with van der Waals surface area (Å²) in [5.41, 5.74) is 2.71. The molecule has 1 nitrogen and oxygen atoms in total. The summed E-state index contributed by atoms with van der Waals surface area (Å²) >= 11 is 6.03. The average molecular weight is 236 g/mol. The molecule has 0 unspecified atom stereocenters. The molecule has 16 heavy (non-hydrogen) atoms. The molecule has 2 rings (SSSR count). The summed E-state index contributed by atoms with van der Waals surface area (Å²) in [6.07, 6.45) is 5.92. The molecule has 1 atom stereocenters. The van der Waals surface area contributed by atoms with Crippen molar-refractivity contribution in [2.24, 2.45) is 0 Å². The van der Waals surface area contributed by atoms with E-state index in [1.807, 2.05) is 12.1 Å². The van der Waals surface area contributed by atoms with Crippen LogP contribution in [0, 0.1) is 0 Å². The first kappa shape index (κ1) is 11.7. The minimum absolute atomic E-state index is 0.666. The number of rotatable bonds is 2. The summed E-state index contributed by atoms with van der Waals surface area (Å²) in [6, 6.07) is 8.83. The zero-order valence-corrected chi connectivity index (χ0v) is 10.7. The molecule has 0 saturated heterocycles. The van der Waals surface area contributed by atoms with Gasteiger partial charge in [-0.05, 0) is 56.6 Å². The van der Waals surface area contributed by atoms with E-state index in [9.17, 15) is 0 Å². The van der Waals surface area contributed by atoms with Crippen LogP contribution in [0.5, 0.6) is 0 Å². The lowest BCUT2D eigenvalue weighted by Gasteiger charge is -2.28. The summed E-state index contributed by atoms with van der Waals surface area (Å²) in [4.78, 5) is 2.32. The second kappa shape index (κ2) is 5.03. The first-order valence-electron chi connectivity index (χ1n) is 5.78. The summed E-state index contributed by atoms with van der Waals surface area (Å²) in [5, 5.41) is 0.824. The van der Waals surface area contributed by atoms with Crippen LogP contribution >= 0.6 is 11.6 Å². The minimum Gasteiger partial charge on any atom is -0.306 e. The Kier molecular flexibility index (Phi) is 3.67. The van der Waals surface area contributed by atoms with E-state index in [0.29, 0.717) is 6.04 Å². The van der Waals surface area contributed by atoms with Crippen molar-refractivity contribution in [2.75, 3.05) is 14.1 Å². The Balaban J connectivity index is 2.19. The number of nitrogens with zero attached hydrogens (tertiary/aromatic N) is 1. The van der Waals surface area contributed by atoms with E-state index in [1.165, 1.54) is 24.0 Å². The lowest BCUT2D eigenvalue weighted by atomic mass is 9.90. The van der Waals surface area contributed by atoms with E-state index in [2.05, 4.69) is 37.2 Å². The Morgan fingerprint density at radius 3 is 2.81 bits per heavy atom. The molecule has 1 aromatic carbocycles. The molecule has 0 spiro atoms. The van der Waals surface area contributed by atoms with Crippen LogP contribution in [-0.4, -0.2) is 25.0 Å². The molecule has 1 aromatic rings. The van der Waals surface area contributed by atoms with Crippen LogP contribution in [0.3, 0.4) is 0 Å². The van der Waals surface area contributed by atoms with Gasteiger partial charge in [-0.1, -0.05) is 29.8 Å². The van der Waals surface area contributed by atoms with Gasteiger partial charge < -0.3 is 4.90 Å². The monoisotopic (exact) mass is 235 g/mol. The van der Waals surface area contributed by atoms with Crippen molar-refractivity contribution in [2.45, 2.75) is 25.3 Å².